The molecular weight excluding hydrogens is 376 g/mol. The van der Waals surface area contributed by atoms with Crippen LogP contribution in [0.4, 0.5) is 0 Å². The molecule has 0 radical (unpaired) electrons. The summed E-state index contributed by atoms with van der Waals surface area (Å²) in [6.07, 6.45) is 1.09. The second-order valence-electron chi connectivity index (χ2n) is 6.27. The first-order valence-electron chi connectivity index (χ1n) is 8.06. The highest BCUT2D eigenvalue weighted by atomic mass is 79.9. The third-order valence-corrected chi connectivity index (χ3v) is 5.55. The van der Waals surface area contributed by atoms with E-state index >= 15 is 0 Å². The minimum atomic E-state index is -0.647. The zero-order chi connectivity index (χ0) is 17.4. The summed E-state index contributed by atoms with van der Waals surface area (Å²) in [6, 6.07) is 3.57. The van der Waals surface area contributed by atoms with E-state index in [2.05, 4.69) is 15.9 Å². The molecule has 128 valence electrons. The molecule has 5 nitrogen and oxygen atoms in total. The molecule has 0 aromatic heterocycles. The predicted octanol–water partition coefficient (Wildman–Crippen LogP) is 3.29. The summed E-state index contributed by atoms with van der Waals surface area (Å²) < 4.78 is 11.1. The zero-order valence-electron chi connectivity index (χ0n) is 13.6. The monoisotopic (exact) mass is 394 g/mol. The molecule has 2 aliphatic carbocycles. The number of hydrogen-bond acceptors (Lipinski definition) is 5. The predicted molar refractivity (Wildman–Crippen MR) is 90.2 cm³/mol. The number of carbonyl (C=O) groups excluding carboxylic acids is 3. The van der Waals surface area contributed by atoms with Gasteiger partial charge in [-0.2, -0.15) is 0 Å². The van der Waals surface area contributed by atoms with Crippen LogP contribution in [-0.4, -0.2) is 31.3 Å². The van der Waals surface area contributed by atoms with Crippen LogP contribution in [0.5, 0.6) is 5.75 Å². The van der Waals surface area contributed by atoms with Crippen molar-refractivity contribution in [1.82, 2.24) is 0 Å². The van der Waals surface area contributed by atoms with Crippen LogP contribution < -0.4 is 4.74 Å². The summed E-state index contributed by atoms with van der Waals surface area (Å²) in [5.74, 6) is -0.966. The van der Waals surface area contributed by atoms with Gasteiger partial charge in [0.05, 0.1) is 25.2 Å². The Bertz CT molecular complexity index is 712. The van der Waals surface area contributed by atoms with Gasteiger partial charge in [-0.1, -0.05) is 15.9 Å². The minimum Gasteiger partial charge on any atom is -0.496 e. The van der Waals surface area contributed by atoms with Crippen molar-refractivity contribution in [2.45, 2.75) is 32.1 Å². The van der Waals surface area contributed by atoms with Gasteiger partial charge < -0.3 is 9.47 Å². The highest BCUT2D eigenvalue weighted by Crippen LogP contribution is 2.52. The van der Waals surface area contributed by atoms with Crippen LogP contribution in [0.1, 0.15) is 48.0 Å². The molecule has 0 heterocycles. The second kappa shape index (κ2) is 6.67. The van der Waals surface area contributed by atoms with Crippen molar-refractivity contribution in [2.75, 3.05) is 13.7 Å². The lowest BCUT2D eigenvalue weighted by Crippen LogP contribution is -2.33. The van der Waals surface area contributed by atoms with E-state index in [9.17, 15) is 14.4 Å². The zero-order valence-corrected chi connectivity index (χ0v) is 15.2. The topological polar surface area (TPSA) is 69.7 Å². The number of fused-ring (bicyclic) bond motifs is 3. The quantitative estimate of drug-likeness (QED) is 0.578. The number of carbonyl (C=O) groups is 3. The van der Waals surface area contributed by atoms with Gasteiger partial charge in [-0.3, -0.25) is 14.4 Å². The van der Waals surface area contributed by atoms with E-state index < -0.39 is 5.92 Å². The van der Waals surface area contributed by atoms with Gasteiger partial charge in [0.2, 0.25) is 0 Å². The van der Waals surface area contributed by atoms with Crippen molar-refractivity contribution in [2.24, 2.45) is 11.8 Å². The number of halogens is 1. The first-order valence-corrected chi connectivity index (χ1v) is 8.86. The summed E-state index contributed by atoms with van der Waals surface area (Å²) in [5.41, 5.74) is 1.35. The molecule has 0 unspecified atom stereocenters. The summed E-state index contributed by atoms with van der Waals surface area (Å²) >= 11 is 3.51. The van der Waals surface area contributed by atoms with Crippen molar-refractivity contribution in [3.8, 4) is 5.75 Å². The van der Waals surface area contributed by atoms with Gasteiger partial charge in [0, 0.05) is 23.2 Å². The lowest BCUT2D eigenvalue weighted by atomic mass is 9.72. The van der Waals surface area contributed by atoms with Gasteiger partial charge in [0.25, 0.3) is 0 Å². The molecule has 0 spiro atoms. The maximum atomic E-state index is 12.8. The van der Waals surface area contributed by atoms with Crippen LogP contribution >= 0.6 is 15.9 Å². The van der Waals surface area contributed by atoms with Gasteiger partial charge >= 0.3 is 5.97 Å². The molecule has 0 N–H and O–H groups in total. The van der Waals surface area contributed by atoms with Crippen LogP contribution in [0.25, 0.3) is 0 Å². The van der Waals surface area contributed by atoms with E-state index in [0.717, 1.165) is 10.0 Å². The second-order valence-corrected chi connectivity index (χ2v) is 7.12. The third-order valence-electron chi connectivity index (χ3n) is 4.86. The summed E-state index contributed by atoms with van der Waals surface area (Å²) in [7, 11) is 1.52. The van der Waals surface area contributed by atoms with Crippen LogP contribution in [-0.2, 0) is 14.3 Å². The Hall–Kier alpha value is -1.69. The van der Waals surface area contributed by atoms with Gasteiger partial charge in [-0.25, -0.2) is 0 Å². The molecule has 0 bridgehead atoms. The van der Waals surface area contributed by atoms with Gasteiger partial charge in [-0.15, -0.1) is 0 Å². The maximum absolute atomic E-state index is 12.8. The normalized spacial score (nSPS) is 25.2. The standard InChI is InChI=1S/C18H19BrO5/c1-3-24-14(21)8-9-6-10-15-11(19)4-5-13(23-2)17(15)18(22)16(10)12(20)7-9/h4-5,9-10,16H,3,6-8H2,1-2H3/t9-,10-,16+/m0/s1. The molecule has 3 rings (SSSR count). The van der Waals surface area contributed by atoms with Crippen LogP contribution in [0, 0.1) is 11.8 Å². The average molecular weight is 395 g/mol. The fourth-order valence-electron chi connectivity index (χ4n) is 3.96. The van der Waals surface area contributed by atoms with E-state index in [0.29, 0.717) is 24.3 Å². The Morgan fingerprint density at radius 2 is 2.08 bits per heavy atom. The van der Waals surface area contributed by atoms with Crippen molar-refractivity contribution in [3.05, 3.63) is 27.7 Å². The highest BCUT2D eigenvalue weighted by molar-refractivity contribution is 9.10. The maximum Gasteiger partial charge on any atom is 0.306 e. The minimum absolute atomic E-state index is 0.0873. The SMILES string of the molecule is CCOC(=O)C[C@@H]1CC(=O)[C@@H]2C(=O)c3c(OC)ccc(Br)c3[C@@H]2C1. The van der Waals surface area contributed by atoms with Gasteiger partial charge in [0.1, 0.15) is 11.5 Å². The number of esters is 1. The molecule has 1 aromatic carbocycles. The number of hydrogen-bond donors (Lipinski definition) is 0. The van der Waals surface area contributed by atoms with Crippen molar-refractivity contribution in [3.63, 3.8) is 0 Å². The first kappa shape index (κ1) is 17.1. The highest BCUT2D eigenvalue weighted by Gasteiger charge is 2.50. The smallest absolute Gasteiger partial charge is 0.306 e. The Kier molecular flexibility index (Phi) is 4.76. The lowest BCUT2D eigenvalue weighted by molar-refractivity contribution is -0.144. The van der Waals surface area contributed by atoms with E-state index in [1.54, 1.807) is 13.0 Å². The first-order chi connectivity index (χ1) is 11.5. The fourth-order valence-corrected chi connectivity index (χ4v) is 4.58. The number of ether oxygens (including phenoxy) is 2. The number of benzene rings is 1. The number of Topliss-reactive ketones (excluding diaryl/α,β-unsaturated/α-hetero) is 2. The molecule has 0 aliphatic heterocycles. The molecular formula is C18H19BrO5. The number of rotatable bonds is 4. The summed E-state index contributed by atoms with van der Waals surface area (Å²) in [4.78, 5) is 37.1. The van der Waals surface area contributed by atoms with E-state index in [1.165, 1.54) is 7.11 Å². The molecule has 1 fully saturated rings. The van der Waals surface area contributed by atoms with Gasteiger partial charge in [-0.05, 0) is 37.0 Å². The molecule has 0 amide bonds. The molecule has 24 heavy (non-hydrogen) atoms. The van der Waals surface area contributed by atoms with Crippen molar-refractivity contribution < 1.29 is 23.9 Å². The van der Waals surface area contributed by atoms with E-state index in [1.807, 2.05) is 6.07 Å². The van der Waals surface area contributed by atoms with Crippen LogP contribution in [0.3, 0.4) is 0 Å². The van der Waals surface area contributed by atoms with Crippen LogP contribution in [0.2, 0.25) is 0 Å². The van der Waals surface area contributed by atoms with E-state index in [-0.39, 0.29) is 42.2 Å². The summed E-state index contributed by atoms with van der Waals surface area (Å²) in [6.45, 7) is 2.09. The number of methoxy groups -OCH3 is 1. The lowest BCUT2D eigenvalue weighted by Gasteiger charge is -2.30. The molecule has 2 aliphatic rings. The largest absolute Gasteiger partial charge is 0.496 e. The fraction of sp³-hybridized carbons (Fsp3) is 0.500. The molecule has 0 saturated heterocycles. The molecule has 1 saturated carbocycles. The molecule has 6 heteroatoms. The van der Waals surface area contributed by atoms with Crippen LogP contribution in [0.15, 0.2) is 16.6 Å². The Balaban J connectivity index is 1.94. The molecule has 1 aromatic rings. The Morgan fingerprint density at radius 1 is 1.33 bits per heavy atom. The average Bonchev–Trinajstić information content (AvgIpc) is 2.83. The van der Waals surface area contributed by atoms with E-state index in [4.69, 9.17) is 9.47 Å². The molecule has 3 atom stereocenters. The Morgan fingerprint density at radius 3 is 2.75 bits per heavy atom. The van der Waals surface area contributed by atoms with Crippen molar-refractivity contribution in [1.29, 1.82) is 0 Å². The van der Waals surface area contributed by atoms with Gasteiger partial charge in [0.15, 0.2) is 5.78 Å². The number of ketones is 2. The third kappa shape index (κ3) is 2.77. The Labute approximate surface area is 148 Å². The van der Waals surface area contributed by atoms with Crippen molar-refractivity contribution >= 4 is 33.5 Å². The summed E-state index contributed by atoms with van der Waals surface area (Å²) in [5, 5.41) is 0.